The summed E-state index contributed by atoms with van der Waals surface area (Å²) in [5.41, 5.74) is 2.12. The second-order valence-corrected chi connectivity index (χ2v) is 13.4. The van der Waals surface area contributed by atoms with Gasteiger partial charge in [0.2, 0.25) is 0 Å². The van der Waals surface area contributed by atoms with E-state index in [2.05, 4.69) is 54.5 Å². The van der Waals surface area contributed by atoms with Crippen LogP contribution in [0, 0.1) is 46.3 Å². The first-order chi connectivity index (χ1) is 16.1. The molecule has 3 saturated carbocycles. The summed E-state index contributed by atoms with van der Waals surface area (Å²) in [6.07, 6.45) is 14.2. The average molecular weight is 475 g/mol. The molecule has 0 unspecified atom stereocenters. The van der Waals surface area contributed by atoms with Crippen LogP contribution >= 0.6 is 0 Å². The monoisotopic (exact) mass is 474 g/mol. The second-order valence-electron chi connectivity index (χ2n) is 13.4. The van der Waals surface area contributed by atoms with Gasteiger partial charge in [-0.15, -0.1) is 0 Å². The van der Waals surface area contributed by atoms with Crippen molar-refractivity contribution < 1.29 is 14.6 Å². The van der Waals surface area contributed by atoms with E-state index in [4.69, 9.17) is 9.47 Å². The van der Waals surface area contributed by atoms with Gasteiger partial charge in [-0.2, -0.15) is 0 Å². The molecule has 0 radical (unpaired) electrons. The van der Waals surface area contributed by atoms with Crippen LogP contribution in [-0.4, -0.2) is 30.2 Å². The Bertz CT molecular complexity index is 722. The van der Waals surface area contributed by atoms with E-state index in [0.717, 1.165) is 56.7 Å². The van der Waals surface area contributed by atoms with E-state index in [1.165, 1.54) is 38.5 Å². The van der Waals surface area contributed by atoms with Crippen molar-refractivity contribution in [2.24, 2.45) is 46.3 Å². The fourth-order valence-corrected chi connectivity index (χ4v) is 9.62. The van der Waals surface area contributed by atoms with Gasteiger partial charge in [0, 0.05) is 25.6 Å². The zero-order valence-corrected chi connectivity index (χ0v) is 23.4. The molecule has 196 valence electrons. The van der Waals surface area contributed by atoms with Gasteiger partial charge in [-0.05, 0) is 92.8 Å². The Labute approximate surface area is 210 Å². The van der Waals surface area contributed by atoms with Crippen molar-refractivity contribution in [2.75, 3.05) is 13.2 Å². The highest BCUT2D eigenvalue weighted by Crippen LogP contribution is 2.70. The molecule has 4 aliphatic carbocycles. The van der Waals surface area contributed by atoms with Gasteiger partial charge in [-0.3, -0.25) is 0 Å². The molecule has 3 fully saturated rings. The van der Waals surface area contributed by atoms with Crippen LogP contribution in [0.4, 0.5) is 0 Å². The van der Waals surface area contributed by atoms with Crippen LogP contribution in [0.25, 0.3) is 0 Å². The molecule has 0 aromatic heterocycles. The fourth-order valence-electron chi connectivity index (χ4n) is 9.62. The van der Waals surface area contributed by atoms with E-state index in [1.807, 2.05) is 0 Å². The third-order valence-electron chi connectivity index (χ3n) is 11.0. The zero-order valence-electron chi connectivity index (χ0n) is 23.4. The van der Waals surface area contributed by atoms with Gasteiger partial charge in [0.05, 0.1) is 6.10 Å². The van der Waals surface area contributed by atoms with Gasteiger partial charge in [0.1, 0.15) is 0 Å². The highest BCUT2D eigenvalue weighted by Gasteiger charge is 2.67. The first kappa shape index (κ1) is 26.7. The number of rotatable bonds is 9. The number of hydrogen-bond acceptors (Lipinski definition) is 3. The van der Waals surface area contributed by atoms with Gasteiger partial charge in [-0.25, -0.2) is 0 Å². The maximum Gasteiger partial charge on any atom is 0.172 e. The molecule has 0 amide bonds. The topological polar surface area (TPSA) is 38.7 Å². The van der Waals surface area contributed by atoms with E-state index in [9.17, 15) is 5.11 Å². The van der Waals surface area contributed by atoms with Crippen molar-refractivity contribution in [2.45, 2.75) is 125 Å². The summed E-state index contributed by atoms with van der Waals surface area (Å²) in [6, 6.07) is 0. The van der Waals surface area contributed by atoms with Crippen molar-refractivity contribution in [1.29, 1.82) is 0 Å². The lowest BCUT2D eigenvalue weighted by atomic mass is 9.47. The third-order valence-corrected chi connectivity index (χ3v) is 11.0. The maximum atomic E-state index is 10.4. The Kier molecular flexibility index (Phi) is 7.98. The highest BCUT2D eigenvalue weighted by molar-refractivity contribution is 5.26. The molecule has 0 heterocycles. The summed E-state index contributed by atoms with van der Waals surface area (Å²) in [5, 5.41) is 10.4. The lowest BCUT2D eigenvalue weighted by Crippen LogP contribution is -2.52. The van der Waals surface area contributed by atoms with Crippen molar-refractivity contribution in [3.63, 3.8) is 0 Å². The van der Waals surface area contributed by atoms with Crippen molar-refractivity contribution in [3.8, 4) is 0 Å². The van der Waals surface area contributed by atoms with Crippen LogP contribution in [0.5, 0.6) is 0 Å². The van der Waals surface area contributed by atoms with Crippen molar-refractivity contribution in [1.82, 2.24) is 0 Å². The summed E-state index contributed by atoms with van der Waals surface area (Å²) < 4.78 is 13.4. The van der Waals surface area contributed by atoms with Crippen LogP contribution in [0.3, 0.4) is 0 Å². The normalized spacial score (nSPS) is 42.0. The number of aliphatic hydroxyl groups excluding tert-OH is 1. The molecule has 8 atom stereocenters. The molecule has 0 bridgehead atoms. The van der Waals surface area contributed by atoms with E-state index < -0.39 is 5.79 Å². The van der Waals surface area contributed by atoms with Crippen LogP contribution < -0.4 is 0 Å². The maximum absolute atomic E-state index is 10.4. The molecule has 3 nitrogen and oxygen atoms in total. The first-order valence-corrected chi connectivity index (χ1v) is 14.8. The van der Waals surface area contributed by atoms with E-state index in [-0.39, 0.29) is 16.9 Å². The van der Waals surface area contributed by atoms with E-state index in [1.54, 1.807) is 5.57 Å². The van der Waals surface area contributed by atoms with E-state index >= 15 is 0 Å². The predicted octanol–water partition coefficient (Wildman–Crippen LogP) is 7.77. The lowest BCUT2D eigenvalue weighted by Gasteiger charge is -2.58. The number of hydrogen-bond donors (Lipinski definition) is 1. The first-order valence-electron chi connectivity index (χ1n) is 14.8. The minimum atomic E-state index is -0.428. The van der Waals surface area contributed by atoms with Crippen LogP contribution in [0.15, 0.2) is 11.6 Å². The summed E-state index contributed by atoms with van der Waals surface area (Å²) in [6.45, 7) is 18.1. The predicted molar refractivity (Wildman–Crippen MR) is 140 cm³/mol. The van der Waals surface area contributed by atoms with Crippen molar-refractivity contribution in [3.05, 3.63) is 11.6 Å². The molecular weight excluding hydrogens is 420 g/mol. The Morgan fingerprint density at radius 1 is 1.00 bits per heavy atom. The number of aliphatic hydroxyl groups is 1. The van der Waals surface area contributed by atoms with Crippen LogP contribution in [0.1, 0.15) is 113 Å². The molecule has 34 heavy (non-hydrogen) atoms. The molecule has 0 spiro atoms. The molecule has 0 aliphatic heterocycles. The highest BCUT2D eigenvalue weighted by atomic mass is 16.7. The molecule has 0 aromatic carbocycles. The smallest absolute Gasteiger partial charge is 0.172 e. The van der Waals surface area contributed by atoms with Gasteiger partial charge in [0.25, 0.3) is 0 Å². The summed E-state index contributed by atoms with van der Waals surface area (Å²) >= 11 is 0. The SMILES string of the molecule is CCOC1(OCC)C[C@H]2[C@@H]3CC=C4C[C@@H](O)CC[C@]4(C)[C@H]3CC[C@]2(C)[C@H]1[C@H](C)CCCC(C)C. The molecule has 0 saturated heterocycles. The Morgan fingerprint density at radius 3 is 2.35 bits per heavy atom. The fraction of sp³-hybridized carbons (Fsp3) is 0.935. The molecular formula is C31H54O3. The Morgan fingerprint density at radius 2 is 1.71 bits per heavy atom. The van der Waals surface area contributed by atoms with E-state index in [0.29, 0.717) is 17.8 Å². The van der Waals surface area contributed by atoms with Crippen molar-refractivity contribution >= 4 is 0 Å². The third kappa shape index (κ3) is 4.45. The number of ether oxygens (including phenoxy) is 2. The second kappa shape index (κ2) is 10.2. The standard InChI is InChI=1S/C31H54O3/c1-8-33-31(34-9-2)20-27-25-14-13-23-19-24(32)15-17-29(23,6)26(25)16-18-30(27,7)28(31)22(5)12-10-11-21(3)4/h13,21-22,24-28,32H,8-12,14-20H2,1-7H3/t22-,24+,25-,26+,27+,28-,29+,30+/m1/s1. The molecule has 1 N–H and O–H groups in total. The molecule has 3 heteroatoms. The van der Waals surface area contributed by atoms with Crippen LogP contribution in [-0.2, 0) is 9.47 Å². The average Bonchev–Trinajstić information content (AvgIpc) is 3.02. The summed E-state index contributed by atoms with van der Waals surface area (Å²) in [4.78, 5) is 0. The largest absolute Gasteiger partial charge is 0.393 e. The zero-order chi connectivity index (χ0) is 24.7. The number of allylic oxidation sites excluding steroid dienone is 1. The lowest BCUT2D eigenvalue weighted by molar-refractivity contribution is -0.270. The van der Waals surface area contributed by atoms with Gasteiger partial charge in [-0.1, -0.05) is 65.5 Å². The Hall–Kier alpha value is -0.380. The minimum Gasteiger partial charge on any atom is -0.393 e. The summed E-state index contributed by atoms with van der Waals surface area (Å²) in [7, 11) is 0. The van der Waals surface area contributed by atoms with Gasteiger partial charge < -0.3 is 14.6 Å². The molecule has 0 aromatic rings. The van der Waals surface area contributed by atoms with Gasteiger partial charge >= 0.3 is 0 Å². The van der Waals surface area contributed by atoms with Gasteiger partial charge in [0.15, 0.2) is 5.79 Å². The number of fused-ring (bicyclic) bond motifs is 5. The molecule has 4 aliphatic rings. The summed E-state index contributed by atoms with van der Waals surface area (Å²) in [5.74, 6) is 3.54. The quantitative estimate of drug-likeness (QED) is 0.274. The van der Waals surface area contributed by atoms with Crippen LogP contribution in [0.2, 0.25) is 0 Å². The Balaban J connectivity index is 1.66. The molecule has 4 rings (SSSR count). The minimum absolute atomic E-state index is 0.129.